The lowest BCUT2D eigenvalue weighted by molar-refractivity contribution is 0.0912. The largest absolute Gasteiger partial charge is 0.388 e. The highest BCUT2D eigenvalue weighted by molar-refractivity contribution is 5.36. The van der Waals surface area contributed by atoms with Gasteiger partial charge in [-0.25, -0.2) is 0 Å². The molecule has 5 atom stereocenters. The molecule has 144 valence electrons. The van der Waals surface area contributed by atoms with Crippen molar-refractivity contribution in [3.8, 4) is 0 Å². The monoisotopic (exact) mass is 366 g/mol. The molecule has 0 bridgehead atoms. The molecule has 5 unspecified atom stereocenters. The maximum Gasteiger partial charge on any atom is 0.0841 e. The summed E-state index contributed by atoms with van der Waals surface area (Å²) in [5.41, 5.74) is 6.54. The van der Waals surface area contributed by atoms with Gasteiger partial charge < -0.3 is 10.2 Å². The van der Waals surface area contributed by atoms with Crippen molar-refractivity contribution < 1.29 is 10.2 Å². The van der Waals surface area contributed by atoms with Crippen LogP contribution in [0.3, 0.4) is 0 Å². The molecule has 0 amide bonds. The van der Waals surface area contributed by atoms with E-state index in [0.29, 0.717) is 11.8 Å². The van der Waals surface area contributed by atoms with E-state index < -0.39 is 6.10 Å². The van der Waals surface area contributed by atoms with Crippen LogP contribution in [0, 0.1) is 30.6 Å². The number of aryl methyl sites for hydroxylation is 1. The highest BCUT2D eigenvalue weighted by atomic mass is 16.3. The average Bonchev–Trinajstić information content (AvgIpc) is 3.12. The maximum absolute atomic E-state index is 10.8. The number of hydrogen-bond donors (Lipinski definition) is 2. The van der Waals surface area contributed by atoms with Crippen molar-refractivity contribution >= 4 is 0 Å². The Morgan fingerprint density at radius 2 is 1.52 bits per heavy atom. The minimum absolute atomic E-state index is 0.202. The zero-order chi connectivity index (χ0) is 19.3. The Labute approximate surface area is 161 Å². The Hall–Kier alpha value is -1.78. The molecule has 2 N–H and O–H groups in total. The lowest BCUT2D eigenvalue weighted by atomic mass is 9.86. The first-order valence-electron chi connectivity index (χ1n) is 10.1. The summed E-state index contributed by atoms with van der Waals surface area (Å²) in [6.45, 7) is 8.55. The molecule has 0 fully saturated rings. The smallest absolute Gasteiger partial charge is 0.0841 e. The van der Waals surface area contributed by atoms with Crippen LogP contribution in [-0.2, 0) is 19.3 Å². The van der Waals surface area contributed by atoms with Crippen LogP contribution in [0.1, 0.15) is 66.6 Å². The number of aliphatic hydroxyl groups excluding tert-OH is 2. The molecule has 27 heavy (non-hydrogen) atoms. The van der Waals surface area contributed by atoms with Crippen LogP contribution < -0.4 is 0 Å². The van der Waals surface area contributed by atoms with Crippen molar-refractivity contribution in [1.82, 2.24) is 9.97 Å². The Bertz CT molecular complexity index is 848. The first-order chi connectivity index (χ1) is 12.8. The molecule has 2 heterocycles. The maximum atomic E-state index is 10.8. The van der Waals surface area contributed by atoms with Crippen molar-refractivity contribution in [1.29, 1.82) is 0 Å². The van der Waals surface area contributed by atoms with Crippen molar-refractivity contribution in [2.24, 2.45) is 23.7 Å². The number of rotatable bonds is 4. The number of fused-ring (bicyclic) bond motifs is 2. The minimum Gasteiger partial charge on any atom is -0.388 e. The van der Waals surface area contributed by atoms with Gasteiger partial charge in [0.25, 0.3) is 0 Å². The standard InChI is InChI=1S/C23H30N2O2/c1-12(2)18-8-16-7-17(25-11-21(16)22(18)26)5-13(3)19-9-15-6-14(4)24-10-20(15)23(19)27/h6-7,10-13,18-19,22-23,26-27H,5,8-9H2,1-4H3. The summed E-state index contributed by atoms with van der Waals surface area (Å²) in [5.74, 6) is 1.27. The molecular formula is C23H30N2O2. The molecule has 2 aliphatic rings. The van der Waals surface area contributed by atoms with E-state index in [1.165, 1.54) is 11.1 Å². The van der Waals surface area contributed by atoms with E-state index in [1.54, 1.807) is 0 Å². The van der Waals surface area contributed by atoms with Crippen molar-refractivity contribution in [2.45, 2.75) is 59.2 Å². The van der Waals surface area contributed by atoms with Gasteiger partial charge in [-0.15, -0.1) is 0 Å². The van der Waals surface area contributed by atoms with Crippen LogP contribution in [-0.4, -0.2) is 20.2 Å². The number of pyridine rings is 2. The van der Waals surface area contributed by atoms with Gasteiger partial charge in [0.2, 0.25) is 0 Å². The summed E-state index contributed by atoms with van der Waals surface area (Å²) < 4.78 is 0. The zero-order valence-corrected chi connectivity index (χ0v) is 16.7. The van der Waals surface area contributed by atoms with Crippen LogP contribution >= 0.6 is 0 Å². The predicted molar refractivity (Wildman–Crippen MR) is 105 cm³/mol. The summed E-state index contributed by atoms with van der Waals surface area (Å²) in [5, 5.41) is 21.3. The molecule has 0 spiro atoms. The second-order valence-corrected chi connectivity index (χ2v) is 8.95. The van der Waals surface area contributed by atoms with Crippen molar-refractivity contribution in [3.05, 3.63) is 58.2 Å². The normalized spacial score (nSPS) is 27.7. The summed E-state index contributed by atoms with van der Waals surface area (Å²) >= 11 is 0. The fourth-order valence-electron chi connectivity index (χ4n) is 4.97. The topological polar surface area (TPSA) is 66.2 Å². The van der Waals surface area contributed by atoms with Gasteiger partial charge in [-0.1, -0.05) is 20.8 Å². The van der Waals surface area contributed by atoms with Gasteiger partial charge >= 0.3 is 0 Å². The molecule has 0 aliphatic heterocycles. The van der Waals surface area contributed by atoms with E-state index >= 15 is 0 Å². The van der Waals surface area contributed by atoms with E-state index in [9.17, 15) is 10.2 Å². The number of aromatic nitrogens is 2. The molecule has 0 saturated heterocycles. The lowest BCUT2D eigenvalue weighted by Crippen LogP contribution is -2.19. The SMILES string of the molecule is Cc1cc2c(cn1)C(O)C(C(C)Cc1cc3c(cn1)C(O)C(C(C)C)C3)C2. The van der Waals surface area contributed by atoms with E-state index in [0.717, 1.165) is 41.8 Å². The van der Waals surface area contributed by atoms with E-state index in [4.69, 9.17) is 0 Å². The Morgan fingerprint density at radius 1 is 0.926 bits per heavy atom. The predicted octanol–water partition coefficient (Wildman–Crippen LogP) is 3.73. The Morgan fingerprint density at radius 3 is 2.22 bits per heavy atom. The Balaban J connectivity index is 1.49. The van der Waals surface area contributed by atoms with Gasteiger partial charge in [0.1, 0.15) is 0 Å². The number of aliphatic hydroxyl groups is 2. The van der Waals surface area contributed by atoms with Crippen molar-refractivity contribution in [3.63, 3.8) is 0 Å². The molecule has 0 radical (unpaired) electrons. The summed E-state index contributed by atoms with van der Waals surface area (Å²) in [6, 6.07) is 4.28. The van der Waals surface area contributed by atoms with Gasteiger partial charge in [-0.05, 0) is 73.1 Å². The third-order valence-corrected chi connectivity index (χ3v) is 6.72. The van der Waals surface area contributed by atoms with Crippen LogP contribution in [0.2, 0.25) is 0 Å². The molecule has 4 heteroatoms. The second-order valence-electron chi connectivity index (χ2n) is 8.95. The van der Waals surface area contributed by atoms with Gasteiger partial charge in [-0.3, -0.25) is 9.97 Å². The van der Waals surface area contributed by atoms with Crippen LogP contribution in [0.5, 0.6) is 0 Å². The Kier molecular flexibility index (Phi) is 4.81. The number of hydrogen-bond acceptors (Lipinski definition) is 4. The third-order valence-electron chi connectivity index (χ3n) is 6.72. The molecule has 2 aromatic rings. The molecule has 4 rings (SSSR count). The summed E-state index contributed by atoms with van der Waals surface area (Å²) in [7, 11) is 0. The van der Waals surface area contributed by atoms with Gasteiger partial charge in [0.15, 0.2) is 0 Å². The lowest BCUT2D eigenvalue weighted by Gasteiger charge is -2.22. The van der Waals surface area contributed by atoms with Crippen molar-refractivity contribution in [2.75, 3.05) is 0 Å². The highest BCUT2D eigenvalue weighted by Crippen LogP contribution is 2.42. The van der Waals surface area contributed by atoms with Gasteiger partial charge in [0, 0.05) is 34.9 Å². The minimum atomic E-state index is -0.440. The number of nitrogens with zero attached hydrogens (tertiary/aromatic N) is 2. The van der Waals surface area contributed by atoms with Crippen LogP contribution in [0.15, 0.2) is 24.5 Å². The molecule has 0 saturated carbocycles. The third kappa shape index (κ3) is 3.30. The second kappa shape index (κ2) is 6.99. The molecule has 2 aliphatic carbocycles. The molecule has 0 aromatic carbocycles. The fraction of sp³-hybridized carbons (Fsp3) is 0.565. The zero-order valence-electron chi connectivity index (χ0n) is 16.7. The average molecular weight is 367 g/mol. The summed E-state index contributed by atoms with van der Waals surface area (Å²) in [6.07, 6.45) is 5.56. The van der Waals surface area contributed by atoms with Gasteiger partial charge in [0.05, 0.1) is 12.2 Å². The quantitative estimate of drug-likeness (QED) is 0.865. The molecule has 2 aromatic heterocycles. The first-order valence-corrected chi connectivity index (χ1v) is 10.1. The van der Waals surface area contributed by atoms with Gasteiger partial charge in [-0.2, -0.15) is 0 Å². The van der Waals surface area contributed by atoms with Crippen LogP contribution in [0.4, 0.5) is 0 Å². The van der Waals surface area contributed by atoms with E-state index in [-0.39, 0.29) is 17.9 Å². The molecular weight excluding hydrogens is 336 g/mol. The summed E-state index contributed by atoms with van der Waals surface area (Å²) in [4.78, 5) is 8.99. The molecule has 4 nitrogen and oxygen atoms in total. The first kappa shape index (κ1) is 18.6. The van der Waals surface area contributed by atoms with E-state index in [1.807, 2.05) is 19.3 Å². The highest BCUT2D eigenvalue weighted by Gasteiger charge is 2.36. The van der Waals surface area contributed by atoms with E-state index in [2.05, 4.69) is 42.9 Å². The van der Waals surface area contributed by atoms with Crippen LogP contribution in [0.25, 0.3) is 0 Å². The fourth-order valence-corrected chi connectivity index (χ4v) is 4.97.